The zero-order chi connectivity index (χ0) is 16.1. The van der Waals surface area contributed by atoms with Crippen LogP contribution in [0.5, 0.6) is 0 Å². The van der Waals surface area contributed by atoms with Gasteiger partial charge in [-0.2, -0.15) is 5.26 Å². The van der Waals surface area contributed by atoms with Crippen LogP contribution < -0.4 is 5.32 Å². The smallest absolute Gasteiger partial charge is 0.164 e. The number of hydrogen-bond donors (Lipinski definition) is 1. The van der Waals surface area contributed by atoms with Crippen LogP contribution in [0.4, 0.5) is 10.1 Å². The maximum atomic E-state index is 14.1. The zero-order valence-corrected chi connectivity index (χ0v) is 13.0. The molecule has 1 fully saturated rings. The highest BCUT2D eigenvalue weighted by Gasteiger charge is 2.20. The van der Waals surface area contributed by atoms with Crippen LogP contribution in [0, 0.1) is 17.1 Å². The van der Waals surface area contributed by atoms with E-state index in [-0.39, 0.29) is 11.6 Å². The summed E-state index contributed by atoms with van der Waals surface area (Å²) < 4.78 is 14.1. The van der Waals surface area contributed by atoms with E-state index in [1.54, 1.807) is 12.1 Å². The van der Waals surface area contributed by atoms with Crippen molar-refractivity contribution in [2.24, 2.45) is 0 Å². The lowest BCUT2D eigenvalue weighted by atomic mass is 10.0. The van der Waals surface area contributed by atoms with Crippen molar-refractivity contribution in [3.05, 3.63) is 65.5 Å². The molecule has 0 bridgehead atoms. The molecule has 0 amide bonds. The number of hydrogen-bond acceptors (Lipinski definition) is 3. The fourth-order valence-electron chi connectivity index (χ4n) is 3.03. The topological polar surface area (TPSA) is 39.1 Å². The summed E-state index contributed by atoms with van der Waals surface area (Å²) in [7, 11) is 0. The Kier molecular flexibility index (Phi) is 4.89. The van der Waals surface area contributed by atoms with Crippen molar-refractivity contribution in [1.82, 2.24) is 4.90 Å². The number of likely N-dealkylation sites (tertiary alicyclic amines) is 1. The lowest BCUT2D eigenvalue weighted by Gasteiger charge is -2.33. The average Bonchev–Trinajstić information content (AvgIpc) is 2.59. The molecule has 0 spiro atoms. The molecule has 0 aromatic heterocycles. The Morgan fingerprint density at radius 1 is 1.09 bits per heavy atom. The Balaban J connectivity index is 1.55. The summed E-state index contributed by atoms with van der Waals surface area (Å²) in [5.41, 5.74) is 1.86. The van der Waals surface area contributed by atoms with E-state index in [2.05, 4.69) is 34.5 Å². The minimum Gasteiger partial charge on any atom is -0.380 e. The van der Waals surface area contributed by atoms with Gasteiger partial charge in [-0.1, -0.05) is 36.4 Å². The lowest BCUT2D eigenvalue weighted by molar-refractivity contribution is 0.211. The molecule has 2 aromatic carbocycles. The number of nitriles is 1. The predicted octanol–water partition coefficient (Wildman–Crippen LogP) is 3.77. The molecular weight excluding hydrogens is 289 g/mol. The molecule has 0 aliphatic carbocycles. The largest absolute Gasteiger partial charge is 0.380 e. The van der Waals surface area contributed by atoms with Crippen LogP contribution in [0.25, 0.3) is 0 Å². The summed E-state index contributed by atoms with van der Waals surface area (Å²) in [6.45, 7) is 2.95. The molecule has 1 aliphatic rings. The SMILES string of the molecule is N#Cc1cccc(NC2CCN(Cc3ccccc3)CC2)c1F. The van der Waals surface area contributed by atoms with Crippen LogP contribution in [0.2, 0.25) is 0 Å². The van der Waals surface area contributed by atoms with Gasteiger partial charge in [-0.3, -0.25) is 4.90 Å². The van der Waals surface area contributed by atoms with E-state index in [9.17, 15) is 4.39 Å². The second-order valence-electron chi connectivity index (χ2n) is 5.96. The molecule has 0 radical (unpaired) electrons. The first kappa shape index (κ1) is 15.5. The number of piperidine rings is 1. The van der Waals surface area contributed by atoms with Crippen molar-refractivity contribution in [1.29, 1.82) is 5.26 Å². The van der Waals surface area contributed by atoms with Gasteiger partial charge in [-0.25, -0.2) is 4.39 Å². The summed E-state index contributed by atoms with van der Waals surface area (Å²) in [5.74, 6) is -0.443. The van der Waals surface area contributed by atoms with E-state index >= 15 is 0 Å². The molecule has 0 saturated carbocycles. The van der Waals surface area contributed by atoms with Crippen LogP contribution in [-0.2, 0) is 6.54 Å². The van der Waals surface area contributed by atoms with Gasteiger partial charge in [-0.15, -0.1) is 0 Å². The number of halogens is 1. The second kappa shape index (κ2) is 7.26. The Labute approximate surface area is 136 Å². The third-order valence-corrected chi connectivity index (χ3v) is 4.32. The van der Waals surface area contributed by atoms with Gasteiger partial charge in [0, 0.05) is 25.7 Å². The van der Waals surface area contributed by atoms with Crippen LogP contribution >= 0.6 is 0 Å². The quantitative estimate of drug-likeness (QED) is 0.934. The molecular formula is C19H20FN3. The van der Waals surface area contributed by atoms with Crippen molar-refractivity contribution in [2.75, 3.05) is 18.4 Å². The monoisotopic (exact) mass is 309 g/mol. The summed E-state index contributed by atoms with van der Waals surface area (Å²) in [6.07, 6.45) is 1.95. The molecule has 3 nitrogen and oxygen atoms in total. The molecule has 1 heterocycles. The third-order valence-electron chi connectivity index (χ3n) is 4.32. The van der Waals surface area contributed by atoms with Crippen molar-refractivity contribution >= 4 is 5.69 Å². The Bertz CT molecular complexity index is 686. The molecule has 3 rings (SSSR count). The Morgan fingerprint density at radius 3 is 2.52 bits per heavy atom. The van der Waals surface area contributed by atoms with Gasteiger partial charge in [0.05, 0.1) is 11.3 Å². The fraction of sp³-hybridized carbons (Fsp3) is 0.316. The highest BCUT2D eigenvalue weighted by Crippen LogP contribution is 2.22. The second-order valence-corrected chi connectivity index (χ2v) is 5.96. The van der Waals surface area contributed by atoms with Crippen LogP contribution in [0.1, 0.15) is 24.0 Å². The molecule has 0 atom stereocenters. The molecule has 4 heteroatoms. The van der Waals surface area contributed by atoms with Crippen LogP contribution in [-0.4, -0.2) is 24.0 Å². The van der Waals surface area contributed by atoms with E-state index in [0.717, 1.165) is 32.5 Å². The van der Waals surface area contributed by atoms with Gasteiger partial charge in [0.2, 0.25) is 0 Å². The standard InChI is InChI=1S/C19H20FN3/c20-19-16(13-21)7-4-8-18(19)22-17-9-11-23(12-10-17)14-15-5-2-1-3-6-15/h1-8,17,22H,9-12,14H2. The number of nitrogens with zero attached hydrogens (tertiary/aromatic N) is 2. The first-order chi connectivity index (χ1) is 11.3. The van der Waals surface area contributed by atoms with Gasteiger partial charge in [0.25, 0.3) is 0 Å². The maximum Gasteiger partial charge on any atom is 0.164 e. The third kappa shape index (κ3) is 3.88. The summed E-state index contributed by atoms with van der Waals surface area (Å²) in [4.78, 5) is 2.43. The number of nitrogens with one attached hydrogen (secondary N) is 1. The normalized spacial score (nSPS) is 16.0. The molecule has 23 heavy (non-hydrogen) atoms. The van der Waals surface area contributed by atoms with Crippen molar-refractivity contribution in [2.45, 2.75) is 25.4 Å². The zero-order valence-electron chi connectivity index (χ0n) is 13.0. The molecule has 1 aliphatic heterocycles. The highest BCUT2D eigenvalue weighted by atomic mass is 19.1. The van der Waals surface area contributed by atoms with Crippen molar-refractivity contribution < 1.29 is 4.39 Å². The van der Waals surface area contributed by atoms with Gasteiger partial charge in [0.15, 0.2) is 5.82 Å². The number of anilines is 1. The minimum absolute atomic E-state index is 0.0940. The molecule has 1 N–H and O–H groups in total. The van der Waals surface area contributed by atoms with Crippen LogP contribution in [0.15, 0.2) is 48.5 Å². The highest BCUT2D eigenvalue weighted by molar-refractivity contribution is 5.51. The van der Waals surface area contributed by atoms with E-state index in [1.807, 2.05) is 12.1 Å². The number of benzene rings is 2. The minimum atomic E-state index is -0.443. The van der Waals surface area contributed by atoms with E-state index in [1.165, 1.54) is 11.6 Å². The Morgan fingerprint density at radius 2 is 1.83 bits per heavy atom. The summed E-state index contributed by atoms with van der Waals surface area (Å²) in [6, 6.07) is 17.5. The molecule has 1 saturated heterocycles. The van der Waals surface area contributed by atoms with Gasteiger partial charge in [-0.05, 0) is 30.5 Å². The average molecular weight is 309 g/mol. The van der Waals surface area contributed by atoms with Gasteiger partial charge in [0.1, 0.15) is 6.07 Å². The fourth-order valence-corrected chi connectivity index (χ4v) is 3.03. The number of rotatable bonds is 4. The van der Waals surface area contributed by atoms with E-state index in [0.29, 0.717) is 5.69 Å². The Hall–Kier alpha value is -2.38. The van der Waals surface area contributed by atoms with Crippen molar-refractivity contribution in [3.8, 4) is 6.07 Å². The first-order valence-electron chi connectivity index (χ1n) is 7.97. The predicted molar refractivity (Wildman–Crippen MR) is 89.5 cm³/mol. The molecule has 0 unspecified atom stereocenters. The van der Waals surface area contributed by atoms with Gasteiger partial charge < -0.3 is 5.32 Å². The maximum absolute atomic E-state index is 14.1. The molecule has 118 valence electrons. The molecule has 2 aromatic rings. The van der Waals surface area contributed by atoms with Crippen molar-refractivity contribution in [3.63, 3.8) is 0 Å². The first-order valence-corrected chi connectivity index (χ1v) is 7.97. The summed E-state index contributed by atoms with van der Waals surface area (Å²) in [5, 5.41) is 12.2. The lowest BCUT2D eigenvalue weighted by Crippen LogP contribution is -2.38. The summed E-state index contributed by atoms with van der Waals surface area (Å²) >= 11 is 0. The van der Waals surface area contributed by atoms with E-state index < -0.39 is 5.82 Å². The van der Waals surface area contributed by atoms with E-state index in [4.69, 9.17) is 5.26 Å². The van der Waals surface area contributed by atoms with Gasteiger partial charge >= 0.3 is 0 Å². The van der Waals surface area contributed by atoms with Crippen LogP contribution in [0.3, 0.4) is 0 Å².